The lowest BCUT2D eigenvalue weighted by Crippen LogP contribution is -2.43. The maximum Gasteiger partial charge on any atom is 0.237 e. The smallest absolute Gasteiger partial charge is 0.237 e. The van der Waals surface area contributed by atoms with Gasteiger partial charge in [-0.1, -0.05) is 6.92 Å². The van der Waals surface area contributed by atoms with Crippen LogP contribution in [0, 0.1) is 5.92 Å². The summed E-state index contributed by atoms with van der Waals surface area (Å²) in [4.78, 5) is 17.1. The molecule has 0 bridgehead atoms. The van der Waals surface area contributed by atoms with Gasteiger partial charge in [0.05, 0.1) is 20.8 Å². The molecule has 1 heterocycles. The fourth-order valence-corrected chi connectivity index (χ4v) is 3.60. The zero-order valence-corrected chi connectivity index (χ0v) is 15.7. The number of carbonyl (C=O) groups excluding carboxylic acids is 1. The Balaban J connectivity index is 1.65. The van der Waals surface area contributed by atoms with Gasteiger partial charge in [-0.05, 0) is 61.4 Å². The van der Waals surface area contributed by atoms with E-state index in [0.29, 0.717) is 13.1 Å². The van der Waals surface area contributed by atoms with Gasteiger partial charge in [0.2, 0.25) is 5.91 Å². The van der Waals surface area contributed by atoms with Gasteiger partial charge in [0.15, 0.2) is 11.5 Å². The third kappa shape index (κ3) is 4.46. The van der Waals surface area contributed by atoms with Crippen molar-refractivity contribution in [2.45, 2.75) is 39.2 Å². The molecule has 1 aromatic carbocycles. The van der Waals surface area contributed by atoms with E-state index in [2.05, 4.69) is 11.8 Å². The molecule has 1 fully saturated rings. The van der Waals surface area contributed by atoms with Crippen molar-refractivity contribution in [1.29, 1.82) is 0 Å². The quantitative estimate of drug-likeness (QED) is 0.726. The van der Waals surface area contributed by atoms with Crippen LogP contribution in [-0.4, -0.2) is 56.1 Å². The van der Waals surface area contributed by atoms with E-state index < -0.39 is 0 Å². The van der Waals surface area contributed by atoms with E-state index in [4.69, 9.17) is 9.47 Å². The summed E-state index contributed by atoms with van der Waals surface area (Å²) >= 11 is 0. The Kier molecular flexibility index (Phi) is 5.84. The number of amides is 1. The Morgan fingerprint density at radius 2 is 1.88 bits per heavy atom. The second-order valence-electron chi connectivity index (χ2n) is 7.22. The standard InChI is InChI=1S/C20H30N2O3/c1-4-8-21(12-15-5-6-15)14-20(23)22-9-7-16-10-18(24-2)19(25-3)11-17(16)13-22/h10-11,15H,4-9,12-14H2,1-3H3. The summed E-state index contributed by atoms with van der Waals surface area (Å²) in [6.07, 6.45) is 4.62. The summed E-state index contributed by atoms with van der Waals surface area (Å²) in [5.74, 6) is 2.56. The van der Waals surface area contributed by atoms with Crippen LogP contribution in [-0.2, 0) is 17.8 Å². The Morgan fingerprint density at radius 3 is 2.48 bits per heavy atom. The fourth-order valence-electron chi connectivity index (χ4n) is 3.60. The molecule has 0 saturated heterocycles. The number of fused-ring (bicyclic) bond motifs is 1. The van der Waals surface area contributed by atoms with E-state index >= 15 is 0 Å². The van der Waals surface area contributed by atoms with Crippen molar-refractivity contribution in [1.82, 2.24) is 9.80 Å². The molecule has 2 aliphatic rings. The lowest BCUT2D eigenvalue weighted by molar-refractivity contribution is -0.133. The van der Waals surface area contributed by atoms with Gasteiger partial charge in [-0.25, -0.2) is 0 Å². The topological polar surface area (TPSA) is 42.0 Å². The van der Waals surface area contributed by atoms with Crippen molar-refractivity contribution in [3.05, 3.63) is 23.3 Å². The minimum Gasteiger partial charge on any atom is -0.493 e. The molecule has 138 valence electrons. The van der Waals surface area contributed by atoms with Crippen LogP contribution in [0.25, 0.3) is 0 Å². The van der Waals surface area contributed by atoms with E-state index in [1.807, 2.05) is 17.0 Å². The number of hydrogen-bond donors (Lipinski definition) is 0. The Hall–Kier alpha value is -1.75. The average molecular weight is 346 g/mol. The van der Waals surface area contributed by atoms with Gasteiger partial charge in [0, 0.05) is 19.6 Å². The van der Waals surface area contributed by atoms with Crippen molar-refractivity contribution >= 4 is 5.91 Å². The molecule has 25 heavy (non-hydrogen) atoms. The number of nitrogens with zero attached hydrogens (tertiary/aromatic N) is 2. The first-order valence-electron chi connectivity index (χ1n) is 9.38. The Labute approximate surface area is 150 Å². The minimum atomic E-state index is 0.245. The second kappa shape index (κ2) is 8.09. The molecule has 3 rings (SSSR count). The summed E-state index contributed by atoms with van der Waals surface area (Å²) in [5.41, 5.74) is 2.42. The van der Waals surface area contributed by atoms with Crippen LogP contribution >= 0.6 is 0 Å². The highest BCUT2D eigenvalue weighted by molar-refractivity contribution is 5.78. The molecule has 5 heteroatoms. The molecule has 1 amide bonds. The largest absolute Gasteiger partial charge is 0.493 e. The lowest BCUT2D eigenvalue weighted by Gasteiger charge is -2.32. The van der Waals surface area contributed by atoms with Gasteiger partial charge in [-0.15, -0.1) is 0 Å². The molecule has 0 atom stereocenters. The number of hydrogen-bond acceptors (Lipinski definition) is 4. The highest BCUT2D eigenvalue weighted by Crippen LogP contribution is 2.33. The zero-order chi connectivity index (χ0) is 17.8. The fraction of sp³-hybridized carbons (Fsp3) is 0.650. The molecule has 0 aromatic heterocycles. The van der Waals surface area contributed by atoms with Crippen LogP contribution < -0.4 is 9.47 Å². The molecule has 1 saturated carbocycles. The second-order valence-corrected chi connectivity index (χ2v) is 7.22. The molecule has 1 aliphatic heterocycles. The van der Waals surface area contributed by atoms with Crippen LogP contribution in [0.15, 0.2) is 12.1 Å². The Morgan fingerprint density at radius 1 is 1.20 bits per heavy atom. The first-order chi connectivity index (χ1) is 12.1. The predicted octanol–water partition coefficient (Wildman–Crippen LogP) is 2.71. The number of benzene rings is 1. The van der Waals surface area contributed by atoms with Crippen molar-refractivity contribution < 1.29 is 14.3 Å². The Bertz CT molecular complexity index is 613. The first-order valence-corrected chi connectivity index (χ1v) is 9.38. The monoisotopic (exact) mass is 346 g/mol. The van der Waals surface area contributed by atoms with Gasteiger partial charge in [0.1, 0.15) is 0 Å². The maximum atomic E-state index is 12.8. The molecule has 0 radical (unpaired) electrons. The molecule has 0 spiro atoms. The first kappa shape index (κ1) is 18.1. The maximum absolute atomic E-state index is 12.8. The van der Waals surface area contributed by atoms with E-state index in [9.17, 15) is 4.79 Å². The minimum absolute atomic E-state index is 0.245. The molecule has 1 aliphatic carbocycles. The van der Waals surface area contributed by atoms with E-state index in [-0.39, 0.29) is 5.91 Å². The van der Waals surface area contributed by atoms with Crippen LogP contribution in [0.3, 0.4) is 0 Å². The van der Waals surface area contributed by atoms with E-state index in [0.717, 1.165) is 49.9 Å². The van der Waals surface area contributed by atoms with Crippen LogP contribution in [0.1, 0.15) is 37.3 Å². The van der Waals surface area contributed by atoms with Crippen molar-refractivity contribution in [3.8, 4) is 11.5 Å². The molecule has 0 unspecified atom stereocenters. The van der Waals surface area contributed by atoms with Gasteiger partial charge >= 0.3 is 0 Å². The number of methoxy groups -OCH3 is 2. The molecule has 0 N–H and O–H groups in total. The van der Waals surface area contributed by atoms with Crippen molar-refractivity contribution in [3.63, 3.8) is 0 Å². The van der Waals surface area contributed by atoms with Crippen LogP contribution in [0.2, 0.25) is 0 Å². The van der Waals surface area contributed by atoms with Gasteiger partial charge in [-0.2, -0.15) is 0 Å². The molecule has 5 nitrogen and oxygen atoms in total. The zero-order valence-electron chi connectivity index (χ0n) is 15.7. The molecular weight excluding hydrogens is 316 g/mol. The van der Waals surface area contributed by atoms with Gasteiger partial charge in [-0.3, -0.25) is 9.69 Å². The molecule has 1 aromatic rings. The van der Waals surface area contributed by atoms with Crippen LogP contribution in [0.4, 0.5) is 0 Å². The highest BCUT2D eigenvalue weighted by Gasteiger charge is 2.27. The lowest BCUT2D eigenvalue weighted by atomic mass is 9.98. The van der Waals surface area contributed by atoms with Gasteiger partial charge in [0.25, 0.3) is 0 Å². The van der Waals surface area contributed by atoms with E-state index in [1.165, 1.54) is 24.0 Å². The summed E-state index contributed by atoms with van der Waals surface area (Å²) in [6.45, 7) is 6.27. The van der Waals surface area contributed by atoms with E-state index in [1.54, 1.807) is 14.2 Å². The average Bonchev–Trinajstić information content (AvgIpc) is 3.44. The number of carbonyl (C=O) groups is 1. The summed E-state index contributed by atoms with van der Waals surface area (Å²) in [5, 5.41) is 0. The summed E-state index contributed by atoms with van der Waals surface area (Å²) in [7, 11) is 3.31. The predicted molar refractivity (Wildman–Crippen MR) is 98.1 cm³/mol. The molecular formula is C20H30N2O3. The highest BCUT2D eigenvalue weighted by atomic mass is 16.5. The van der Waals surface area contributed by atoms with Gasteiger partial charge < -0.3 is 14.4 Å². The normalized spacial score (nSPS) is 16.7. The summed E-state index contributed by atoms with van der Waals surface area (Å²) in [6, 6.07) is 4.06. The third-order valence-corrected chi connectivity index (χ3v) is 5.18. The van der Waals surface area contributed by atoms with Crippen molar-refractivity contribution in [2.75, 3.05) is 40.4 Å². The number of rotatable bonds is 8. The van der Waals surface area contributed by atoms with Crippen molar-refractivity contribution in [2.24, 2.45) is 5.92 Å². The summed E-state index contributed by atoms with van der Waals surface area (Å²) < 4.78 is 10.8. The SMILES string of the molecule is CCCN(CC(=O)N1CCc2cc(OC)c(OC)cc2C1)CC1CC1. The van der Waals surface area contributed by atoms with Crippen LogP contribution in [0.5, 0.6) is 11.5 Å². The number of ether oxygens (including phenoxy) is 2. The third-order valence-electron chi connectivity index (χ3n) is 5.18.